The lowest BCUT2D eigenvalue weighted by molar-refractivity contribution is -0.132. The van der Waals surface area contributed by atoms with Crippen LogP contribution < -0.4 is 0 Å². The number of carbonyl (C=O) groups excluding carboxylic acids is 1. The maximum Gasteiger partial charge on any atom is 0.346 e. The van der Waals surface area contributed by atoms with Gasteiger partial charge in [-0.15, -0.1) is 0 Å². The maximum absolute atomic E-state index is 10.9. The molecule has 0 aromatic carbocycles. The van der Waals surface area contributed by atoms with Crippen molar-refractivity contribution in [3.8, 4) is 6.07 Å². The third kappa shape index (κ3) is 3.34. The van der Waals surface area contributed by atoms with E-state index >= 15 is 0 Å². The second kappa shape index (κ2) is 4.88. The van der Waals surface area contributed by atoms with Crippen LogP contribution in [0.5, 0.6) is 0 Å². The van der Waals surface area contributed by atoms with Gasteiger partial charge in [-0.3, -0.25) is 4.79 Å². The van der Waals surface area contributed by atoms with E-state index in [4.69, 9.17) is 10.4 Å². The fourth-order valence-electron chi connectivity index (χ4n) is 0.674. The van der Waals surface area contributed by atoms with Crippen molar-refractivity contribution in [2.45, 2.75) is 6.92 Å². The summed E-state index contributed by atoms with van der Waals surface area (Å²) in [5.41, 5.74) is -0.428. The molecule has 0 bridgehead atoms. The molecule has 1 N–H and O–H groups in total. The number of carbonyl (C=O) groups is 2. The van der Waals surface area contributed by atoms with E-state index in [9.17, 15) is 9.59 Å². The van der Waals surface area contributed by atoms with E-state index in [-0.39, 0.29) is 5.78 Å². The van der Waals surface area contributed by atoms with Gasteiger partial charge in [0.15, 0.2) is 5.78 Å². The Bertz CT molecular complexity index is 309. The minimum atomic E-state index is -1.33. The fraction of sp³-hybridized carbons (Fsp3) is 0.222. The first kappa shape index (κ1) is 11.1. The summed E-state index contributed by atoms with van der Waals surface area (Å²) in [7, 11) is 0. The van der Waals surface area contributed by atoms with Crippen molar-refractivity contribution in [1.82, 2.24) is 0 Å². The Morgan fingerprint density at radius 1 is 1.62 bits per heavy atom. The molecule has 0 amide bonds. The van der Waals surface area contributed by atoms with Gasteiger partial charge in [0, 0.05) is 5.92 Å². The van der Waals surface area contributed by atoms with Gasteiger partial charge in [0.25, 0.3) is 0 Å². The lowest BCUT2D eigenvalue weighted by Gasteiger charge is -1.99. The molecule has 0 saturated heterocycles. The van der Waals surface area contributed by atoms with E-state index < -0.39 is 17.5 Å². The van der Waals surface area contributed by atoms with Crippen LogP contribution in [0.2, 0.25) is 0 Å². The van der Waals surface area contributed by atoms with Gasteiger partial charge in [0.05, 0.1) is 0 Å². The molecular formula is C9H9NO3. The summed E-state index contributed by atoms with van der Waals surface area (Å²) < 4.78 is 0. The SMILES string of the molecule is C=CC(=O)C(C)C=C(C#N)C(=O)O. The highest BCUT2D eigenvalue weighted by Gasteiger charge is 2.11. The molecule has 68 valence electrons. The number of hydrogen-bond acceptors (Lipinski definition) is 3. The standard InChI is InChI=1S/C9H9NO3/c1-3-8(11)6(2)4-7(5-10)9(12)13/h3-4,6H,1H2,2H3,(H,12,13). The van der Waals surface area contributed by atoms with Crippen molar-refractivity contribution in [2.75, 3.05) is 0 Å². The molecular weight excluding hydrogens is 170 g/mol. The summed E-state index contributed by atoms with van der Waals surface area (Å²) in [6.07, 6.45) is 2.20. The minimum Gasteiger partial charge on any atom is -0.477 e. The van der Waals surface area contributed by atoms with E-state index in [2.05, 4.69) is 6.58 Å². The summed E-state index contributed by atoms with van der Waals surface area (Å²) in [5.74, 6) is -2.26. The molecule has 0 aliphatic rings. The zero-order valence-electron chi connectivity index (χ0n) is 7.15. The molecule has 1 atom stereocenters. The third-order valence-electron chi connectivity index (χ3n) is 1.42. The second-order valence-electron chi connectivity index (χ2n) is 2.39. The number of aliphatic carboxylic acids is 1. The highest BCUT2D eigenvalue weighted by molar-refractivity contribution is 5.95. The fourth-order valence-corrected chi connectivity index (χ4v) is 0.674. The van der Waals surface area contributed by atoms with Gasteiger partial charge in [0.1, 0.15) is 11.6 Å². The average Bonchev–Trinajstić information content (AvgIpc) is 2.11. The predicted molar refractivity (Wildman–Crippen MR) is 45.7 cm³/mol. The molecule has 4 heteroatoms. The van der Waals surface area contributed by atoms with Gasteiger partial charge in [-0.1, -0.05) is 13.5 Å². The molecule has 0 radical (unpaired) electrons. The highest BCUT2D eigenvalue weighted by atomic mass is 16.4. The summed E-state index contributed by atoms with van der Waals surface area (Å²) in [4.78, 5) is 21.3. The minimum absolute atomic E-state index is 0.311. The van der Waals surface area contributed by atoms with E-state index in [0.717, 1.165) is 12.2 Å². The number of hydrogen-bond donors (Lipinski definition) is 1. The van der Waals surface area contributed by atoms with Crippen LogP contribution in [0.25, 0.3) is 0 Å². The number of carboxylic acids is 1. The van der Waals surface area contributed by atoms with Crippen LogP contribution in [0.15, 0.2) is 24.3 Å². The van der Waals surface area contributed by atoms with Crippen molar-refractivity contribution in [3.05, 3.63) is 24.3 Å². The van der Waals surface area contributed by atoms with Crippen molar-refractivity contribution < 1.29 is 14.7 Å². The van der Waals surface area contributed by atoms with Gasteiger partial charge in [0.2, 0.25) is 0 Å². The van der Waals surface area contributed by atoms with Crippen molar-refractivity contribution in [2.24, 2.45) is 5.92 Å². The Morgan fingerprint density at radius 3 is 2.46 bits per heavy atom. The number of allylic oxidation sites excluding steroid dienone is 2. The van der Waals surface area contributed by atoms with Gasteiger partial charge >= 0.3 is 5.97 Å². The molecule has 0 saturated carbocycles. The molecule has 13 heavy (non-hydrogen) atoms. The Kier molecular flexibility index (Phi) is 4.17. The smallest absolute Gasteiger partial charge is 0.346 e. The first-order chi connectivity index (χ1) is 6.02. The molecule has 0 spiro atoms. The molecule has 0 aromatic heterocycles. The van der Waals surface area contributed by atoms with Crippen molar-refractivity contribution in [1.29, 1.82) is 5.26 Å². The van der Waals surface area contributed by atoms with Crippen LogP contribution >= 0.6 is 0 Å². The van der Waals surface area contributed by atoms with Gasteiger partial charge < -0.3 is 5.11 Å². The van der Waals surface area contributed by atoms with Crippen LogP contribution in [0, 0.1) is 17.2 Å². The topological polar surface area (TPSA) is 78.2 Å². The van der Waals surface area contributed by atoms with Gasteiger partial charge in [-0.25, -0.2) is 4.79 Å². The Morgan fingerprint density at radius 2 is 2.15 bits per heavy atom. The van der Waals surface area contributed by atoms with Crippen LogP contribution in [0.3, 0.4) is 0 Å². The van der Waals surface area contributed by atoms with E-state index in [1.807, 2.05) is 0 Å². The summed E-state index contributed by atoms with van der Waals surface area (Å²) in [6.45, 7) is 4.75. The van der Waals surface area contributed by atoms with Crippen LogP contribution in [0.1, 0.15) is 6.92 Å². The summed E-state index contributed by atoms with van der Waals surface area (Å²) >= 11 is 0. The first-order valence-corrected chi connectivity index (χ1v) is 3.54. The average molecular weight is 179 g/mol. The molecule has 0 fully saturated rings. The number of ketones is 1. The zero-order chi connectivity index (χ0) is 10.4. The van der Waals surface area contributed by atoms with Crippen molar-refractivity contribution >= 4 is 11.8 Å². The molecule has 4 nitrogen and oxygen atoms in total. The quantitative estimate of drug-likeness (QED) is 0.514. The van der Waals surface area contributed by atoms with Gasteiger partial charge in [-0.2, -0.15) is 5.26 Å². The zero-order valence-corrected chi connectivity index (χ0v) is 7.15. The summed E-state index contributed by atoms with van der Waals surface area (Å²) in [5, 5.41) is 16.8. The molecule has 0 aliphatic carbocycles. The lowest BCUT2D eigenvalue weighted by Crippen LogP contribution is -2.08. The van der Waals surface area contributed by atoms with Crippen LogP contribution in [-0.2, 0) is 9.59 Å². The Hall–Kier alpha value is -1.89. The second-order valence-corrected chi connectivity index (χ2v) is 2.39. The molecule has 0 aromatic rings. The van der Waals surface area contributed by atoms with E-state index in [0.29, 0.717) is 0 Å². The predicted octanol–water partition coefficient (Wildman–Crippen LogP) is 0.912. The highest BCUT2D eigenvalue weighted by Crippen LogP contribution is 2.04. The number of carboxylic acid groups (broad SMARTS) is 1. The molecule has 0 aliphatic heterocycles. The molecule has 0 rings (SSSR count). The largest absolute Gasteiger partial charge is 0.477 e. The van der Waals surface area contributed by atoms with Gasteiger partial charge in [-0.05, 0) is 12.2 Å². The summed E-state index contributed by atoms with van der Waals surface area (Å²) in [6, 6.07) is 1.49. The first-order valence-electron chi connectivity index (χ1n) is 3.54. The number of nitrogens with zero attached hydrogens (tertiary/aromatic N) is 1. The molecule has 1 unspecified atom stereocenters. The van der Waals surface area contributed by atoms with E-state index in [1.54, 1.807) is 0 Å². The monoisotopic (exact) mass is 179 g/mol. The number of rotatable bonds is 4. The lowest BCUT2D eigenvalue weighted by atomic mass is 10.0. The third-order valence-corrected chi connectivity index (χ3v) is 1.42. The Balaban J connectivity index is 4.73. The molecule has 0 heterocycles. The maximum atomic E-state index is 10.9. The van der Waals surface area contributed by atoms with Crippen molar-refractivity contribution in [3.63, 3.8) is 0 Å². The van der Waals surface area contributed by atoms with Crippen LogP contribution in [0.4, 0.5) is 0 Å². The van der Waals surface area contributed by atoms with E-state index in [1.165, 1.54) is 13.0 Å². The van der Waals surface area contributed by atoms with Crippen LogP contribution in [-0.4, -0.2) is 16.9 Å². The normalized spacial score (nSPS) is 12.8. The number of nitriles is 1. The Labute approximate surface area is 75.8 Å².